The third-order valence-corrected chi connectivity index (χ3v) is 3.26. The van der Waals surface area contributed by atoms with E-state index in [2.05, 4.69) is 29.3 Å². The maximum atomic E-state index is 9.03. The highest BCUT2D eigenvalue weighted by Crippen LogP contribution is 2.15. The van der Waals surface area contributed by atoms with Crippen LogP contribution < -0.4 is 10.6 Å². The summed E-state index contributed by atoms with van der Waals surface area (Å²) in [5, 5.41) is 11.4. The van der Waals surface area contributed by atoms with Gasteiger partial charge in [0.05, 0.1) is 17.6 Å². The molecule has 0 fully saturated rings. The van der Waals surface area contributed by atoms with E-state index in [4.69, 9.17) is 5.11 Å². The molecule has 1 heterocycles. The van der Waals surface area contributed by atoms with E-state index < -0.39 is 0 Å². The number of fused-ring (bicyclic) bond motifs is 1. The quantitative estimate of drug-likeness (QED) is 0.860. The van der Waals surface area contributed by atoms with Gasteiger partial charge in [-0.25, -0.2) is 4.98 Å². The summed E-state index contributed by atoms with van der Waals surface area (Å²) in [6.07, 6.45) is 6.62. The largest absolute Gasteiger partial charge is 0.392 e. The molecule has 0 radical (unpaired) electrons. The summed E-state index contributed by atoms with van der Waals surface area (Å²) in [4.78, 5) is 4.69. The van der Waals surface area contributed by atoms with Gasteiger partial charge in [-0.1, -0.05) is 42.5 Å². The summed E-state index contributed by atoms with van der Waals surface area (Å²) < 4.78 is 0. The van der Waals surface area contributed by atoms with Crippen LogP contribution in [0.3, 0.4) is 0 Å². The van der Waals surface area contributed by atoms with Crippen molar-refractivity contribution >= 4 is 12.2 Å². The fraction of sp³-hybridized carbons (Fsp3) is 0.188. The van der Waals surface area contributed by atoms with Crippen LogP contribution in [0, 0.1) is 0 Å². The van der Waals surface area contributed by atoms with Gasteiger partial charge in [-0.05, 0) is 29.7 Å². The molecule has 90 valence electrons. The van der Waals surface area contributed by atoms with Gasteiger partial charge in [0.25, 0.3) is 0 Å². The molecule has 3 rings (SSSR count). The molecule has 2 aromatic rings. The number of hydrogen-bond acceptors (Lipinski definition) is 2. The second-order valence-electron chi connectivity index (χ2n) is 4.51. The Hall–Kier alpha value is -1.93. The second kappa shape index (κ2) is 4.75. The molecule has 1 aromatic heterocycles. The first-order valence-corrected chi connectivity index (χ1v) is 6.24. The number of aliphatic hydroxyl groups is 1. The zero-order chi connectivity index (χ0) is 12.4. The predicted molar refractivity (Wildman–Crippen MR) is 73.0 cm³/mol. The molecular formula is C16H15NO. The van der Waals surface area contributed by atoms with E-state index in [1.165, 1.54) is 5.22 Å². The lowest BCUT2D eigenvalue weighted by Crippen LogP contribution is -2.29. The Morgan fingerprint density at radius 3 is 2.50 bits per heavy atom. The molecule has 1 aromatic carbocycles. The predicted octanol–water partition coefficient (Wildman–Crippen LogP) is 1.60. The van der Waals surface area contributed by atoms with Gasteiger partial charge in [-0.15, -0.1) is 0 Å². The van der Waals surface area contributed by atoms with Crippen molar-refractivity contribution in [3.8, 4) is 11.3 Å². The first-order valence-electron chi connectivity index (χ1n) is 6.24. The highest BCUT2D eigenvalue weighted by Gasteiger charge is 2.01. The smallest absolute Gasteiger partial charge is 0.0709 e. The van der Waals surface area contributed by atoms with Crippen molar-refractivity contribution in [2.45, 2.75) is 19.4 Å². The van der Waals surface area contributed by atoms with Crippen molar-refractivity contribution in [3.05, 3.63) is 52.5 Å². The Balaban J connectivity index is 2.07. The van der Waals surface area contributed by atoms with Crippen LogP contribution in [0.1, 0.15) is 18.4 Å². The first kappa shape index (κ1) is 11.2. The van der Waals surface area contributed by atoms with E-state index in [0.29, 0.717) is 0 Å². The van der Waals surface area contributed by atoms with Crippen LogP contribution in [0.5, 0.6) is 0 Å². The molecule has 2 heteroatoms. The van der Waals surface area contributed by atoms with Crippen molar-refractivity contribution in [3.63, 3.8) is 0 Å². The Labute approximate surface area is 106 Å². The van der Waals surface area contributed by atoms with Crippen LogP contribution in [0.2, 0.25) is 0 Å². The molecule has 0 bridgehead atoms. The molecule has 0 unspecified atom stereocenters. The summed E-state index contributed by atoms with van der Waals surface area (Å²) in [5.41, 5.74) is 3.01. The van der Waals surface area contributed by atoms with Crippen molar-refractivity contribution in [1.29, 1.82) is 0 Å². The standard InChI is InChI=1S/C16H15NO/c18-11-12-5-7-14(8-6-12)16-10-9-13-3-1-2-4-15(13)17-16/h3-10,18H,1-2,11H2. The SMILES string of the molecule is OCc1ccc(-c2ccc3c(n2)=CCCC=3)cc1. The van der Waals surface area contributed by atoms with Gasteiger partial charge in [0.1, 0.15) is 0 Å². The maximum Gasteiger partial charge on any atom is 0.0709 e. The average molecular weight is 237 g/mol. The highest BCUT2D eigenvalue weighted by molar-refractivity contribution is 5.59. The molecule has 0 atom stereocenters. The van der Waals surface area contributed by atoms with Gasteiger partial charge in [0.2, 0.25) is 0 Å². The number of hydrogen-bond donors (Lipinski definition) is 1. The minimum absolute atomic E-state index is 0.0840. The van der Waals surface area contributed by atoms with E-state index in [1.807, 2.05) is 24.3 Å². The minimum Gasteiger partial charge on any atom is -0.392 e. The lowest BCUT2D eigenvalue weighted by molar-refractivity contribution is 0.282. The van der Waals surface area contributed by atoms with Crippen molar-refractivity contribution in [2.24, 2.45) is 0 Å². The van der Waals surface area contributed by atoms with E-state index in [-0.39, 0.29) is 6.61 Å². The summed E-state index contributed by atoms with van der Waals surface area (Å²) in [6, 6.07) is 12.1. The third kappa shape index (κ3) is 2.07. The lowest BCUT2D eigenvalue weighted by Gasteiger charge is -2.04. The number of rotatable bonds is 2. The van der Waals surface area contributed by atoms with E-state index >= 15 is 0 Å². The zero-order valence-corrected chi connectivity index (χ0v) is 10.1. The van der Waals surface area contributed by atoms with Crippen molar-refractivity contribution in [1.82, 2.24) is 4.98 Å². The summed E-state index contributed by atoms with van der Waals surface area (Å²) in [7, 11) is 0. The van der Waals surface area contributed by atoms with E-state index in [9.17, 15) is 0 Å². The van der Waals surface area contributed by atoms with Gasteiger partial charge in [0.15, 0.2) is 0 Å². The zero-order valence-electron chi connectivity index (χ0n) is 10.1. The fourth-order valence-corrected chi connectivity index (χ4v) is 2.22. The number of benzene rings is 1. The summed E-state index contributed by atoms with van der Waals surface area (Å²) in [5.74, 6) is 0. The third-order valence-electron chi connectivity index (χ3n) is 3.26. The molecule has 18 heavy (non-hydrogen) atoms. The maximum absolute atomic E-state index is 9.03. The molecule has 1 aliphatic rings. The van der Waals surface area contributed by atoms with Gasteiger partial charge < -0.3 is 5.11 Å². The molecule has 2 nitrogen and oxygen atoms in total. The minimum atomic E-state index is 0.0840. The Bertz CT molecular complexity index is 671. The Morgan fingerprint density at radius 1 is 0.944 bits per heavy atom. The van der Waals surface area contributed by atoms with Crippen LogP contribution in [-0.4, -0.2) is 10.1 Å². The number of aliphatic hydroxyl groups excluding tert-OH is 1. The number of nitrogens with zero attached hydrogens (tertiary/aromatic N) is 1. The molecule has 1 aliphatic carbocycles. The van der Waals surface area contributed by atoms with E-state index in [1.54, 1.807) is 0 Å². The van der Waals surface area contributed by atoms with Crippen LogP contribution in [-0.2, 0) is 6.61 Å². The van der Waals surface area contributed by atoms with Gasteiger partial charge in [-0.3, -0.25) is 0 Å². The normalized spacial score (nSPS) is 13.4. The molecule has 0 saturated heterocycles. The van der Waals surface area contributed by atoms with Crippen LogP contribution >= 0.6 is 0 Å². The van der Waals surface area contributed by atoms with Gasteiger partial charge in [0, 0.05) is 5.56 Å². The molecule has 0 spiro atoms. The average Bonchev–Trinajstić information content (AvgIpc) is 2.47. The topological polar surface area (TPSA) is 33.1 Å². The van der Waals surface area contributed by atoms with Crippen LogP contribution in [0.15, 0.2) is 36.4 Å². The molecule has 0 saturated carbocycles. The highest BCUT2D eigenvalue weighted by atomic mass is 16.3. The molecular weight excluding hydrogens is 222 g/mol. The van der Waals surface area contributed by atoms with Gasteiger partial charge in [-0.2, -0.15) is 0 Å². The van der Waals surface area contributed by atoms with Gasteiger partial charge >= 0.3 is 0 Å². The lowest BCUT2D eigenvalue weighted by atomic mass is 10.1. The monoisotopic (exact) mass is 237 g/mol. The molecule has 0 aliphatic heterocycles. The first-order chi connectivity index (χ1) is 8.86. The Kier molecular flexibility index (Phi) is 2.95. The number of pyridine rings is 1. The molecule has 0 amide bonds. The molecule has 1 N–H and O–H groups in total. The van der Waals surface area contributed by atoms with Crippen molar-refractivity contribution in [2.75, 3.05) is 0 Å². The Morgan fingerprint density at radius 2 is 1.72 bits per heavy atom. The van der Waals surface area contributed by atoms with Crippen molar-refractivity contribution < 1.29 is 5.11 Å². The fourth-order valence-electron chi connectivity index (χ4n) is 2.22. The second-order valence-corrected chi connectivity index (χ2v) is 4.51. The summed E-state index contributed by atoms with van der Waals surface area (Å²) in [6.45, 7) is 0.0840. The van der Waals surface area contributed by atoms with E-state index in [0.717, 1.165) is 35.0 Å². The summed E-state index contributed by atoms with van der Waals surface area (Å²) >= 11 is 0. The van der Waals surface area contributed by atoms with Crippen LogP contribution in [0.4, 0.5) is 0 Å². The number of aromatic nitrogens is 1. The van der Waals surface area contributed by atoms with Crippen LogP contribution in [0.25, 0.3) is 23.4 Å².